The first-order valence-electron chi connectivity index (χ1n) is 12.3. The van der Waals surface area contributed by atoms with Gasteiger partial charge in [0, 0.05) is 42.3 Å². The van der Waals surface area contributed by atoms with Crippen molar-refractivity contribution in [3.05, 3.63) is 39.5 Å². The van der Waals surface area contributed by atoms with Crippen LogP contribution in [-0.4, -0.2) is 43.0 Å². The molecule has 2 N–H and O–H groups in total. The van der Waals surface area contributed by atoms with E-state index >= 15 is 0 Å². The number of nitrogens with zero attached hydrogens (tertiary/aromatic N) is 3. The van der Waals surface area contributed by atoms with Crippen LogP contribution in [-0.2, 0) is 19.4 Å². The minimum absolute atomic E-state index is 0. The summed E-state index contributed by atoms with van der Waals surface area (Å²) in [5, 5.41) is 6.89. The predicted molar refractivity (Wildman–Crippen MR) is 149 cm³/mol. The number of fused-ring (bicyclic) bond motifs is 1. The maximum atomic E-state index is 12.7. The second-order valence-corrected chi connectivity index (χ2v) is 10.6. The summed E-state index contributed by atoms with van der Waals surface area (Å²) in [7, 11) is 4.07. The molecule has 2 aliphatic carbocycles. The van der Waals surface area contributed by atoms with Gasteiger partial charge in [0.2, 0.25) is 5.95 Å². The zero-order chi connectivity index (χ0) is 25.0. The standard InChI is InChI=1S/C25H33BrF3N5O.2ClH/c1-34(2)23-20-5-3-4-6-21(20)32-24(33-23)31-19-11-7-16(8-12-19)14-30-15-17-9-10-18(26)13-22(17)35-25(27,28)29;;/h9-10,13,16,19,30H,3-8,11-12,14-15H2,1-2H3,(H,31,32,33);2*1H/t16-,19+;;. The fraction of sp³-hybridized carbons (Fsp3) is 0.600. The van der Waals surface area contributed by atoms with Crippen LogP contribution in [0.25, 0.3) is 0 Å². The lowest BCUT2D eigenvalue weighted by Gasteiger charge is -2.30. The fourth-order valence-electron chi connectivity index (χ4n) is 5.01. The number of rotatable bonds is 8. The van der Waals surface area contributed by atoms with E-state index < -0.39 is 6.36 Å². The molecule has 0 unspecified atom stereocenters. The van der Waals surface area contributed by atoms with E-state index in [1.54, 1.807) is 12.1 Å². The van der Waals surface area contributed by atoms with Crippen molar-refractivity contribution < 1.29 is 17.9 Å². The number of alkyl halides is 3. The van der Waals surface area contributed by atoms with Crippen LogP contribution in [0.15, 0.2) is 22.7 Å². The summed E-state index contributed by atoms with van der Waals surface area (Å²) in [5.41, 5.74) is 2.95. The first-order valence-corrected chi connectivity index (χ1v) is 13.1. The lowest BCUT2D eigenvalue weighted by Crippen LogP contribution is -2.32. The highest BCUT2D eigenvalue weighted by atomic mass is 79.9. The zero-order valence-corrected chi connectivity index (χ0v) is 24.3. The minimum Gasteiger partial charge on any atom is -0.405 e. The molecule has 0 amide bonds. The molecule has 4 rings (SSSR count). The van der Waals surface area contributed by atoms with Crippen LogP contribution >= 0.6 is 40.7 Å². The summed E-state index contributed by atoms with van der Waals surface area (Å²) in [6.45, 7) is 1.08. The molecule has 2 aromatic rings. The van der Waals surface area contributed by atoms with E-state index in [4.69, 9.17) is 9.97 Å². The van der Waals surface area contributed by atoms with E-state index in [0.29, 0.717) is 28.5 Å². The van der Waals surface area contributed by atoms with E-state index in [9.17, 15) is 13.2 Å². The Labute approximate surface area is 237 Å². The van der Waals surface area contributed by atoms with Crippen molar-refractivity contribution in [3.8, 4) is 5.75 Å². The van der Waals surface area contributed by atoms with Gasteiger partial charge >= 0.3 is 6.36 Å². The van der Waals surface area contributed by atoms with Gasteiger partial charge in [-0.2, -0.15) is 4.98 Å². The number of nitrogens with one attached hydrogen (secondary N) is 2. The Hall–Kier alpha value is -1.49. The van der Waals surface area contributed by atoms with E-state index in [1.807, 2.05) is 14.1 Å². The van der Waals surface area contributed by atoms with Crippen LogP contribution in [0, 0.1) is 5.92 Å². The van der Waals surface area contributed by atoms with Crippen molar-refractivity contribution in [1.29, 1.82) is 0 Å². The van der Waals surface area contributed by atoms with Crippen LogP contribution in [0.3, 0.4) is 0 Å². The Balaban J connectivity index is 0.00000241. The Kier molecular flexibility index (Phi) is 12.1. The maximum Gasteiger partial charge on any atom is 0.573 e. The Morgan fingerprint density at radius 1 is 1.05 bits per heavy atom. The Bertz CT molecular complexity index is 1020. The molecule has 1 aromatic carbocycles. The summed E-state index contributed by atoms with van der Waals surface area (Å²) >= 11 is 3.21. The van der Waals surface area contributed by atoms with Crippen LogP contribution in [0.4, 0.5) is 24.9 Å². The number of aromatic nitrogens is 2. The number of hydrogen-bond acceptors (Lipinski definition) is 6. The molecule has 6 nitrogen and oxygen atoms in total. The predicted octanol–water partition coefficient (Wildman–Crippen LogP) is 6.69. The third-order valence-electron chi connectivity index (χ3n) is 6.77. The molecule has 2 aliphatic rings. The molecule has 0 spiro atoms. The fourth-order valence-corrected chi connectivity index (χ4v) is 5.35. The molecule has 0 aliphatic heterocycles. The van der Waals surface area contributed by atoms with Gasteiger partial charge in [0.05, 0.1) is 5.69 Å². The highest BCUT2D eigenvalue weighted by molar-refractivity contribution is 9.10. The van der Waals surface area contributed by atoms with Crippen molar-refractivity contribution >= 4 is 52.5 Å². The molecule has 0 saturated heterocycles. The van der Waals surface area contributed by atoms with Gasteiger partial charge in [-0.05, 0) is 76.0 Å². The number of hydrogen-bond donors (Lipinski definition) is 2. The lowest BCUT2D eigenvalue weighted by molar-refractivity contribution is -0.274. The summed E-state index contributed by atoms with van der Waals surface area (Å²) in [4.78, 5) is 11.7. The molecule has 0 bridgehead atoms. The lowest BCUT2D eigenvalue weighted by atomic mass is 9.86. The van der Waals surface area contributed by atoms with Crippen LogP contribution in [0.5, 0.6) is 5.75 Å². The van der Waals surface area contributed by atoms with Crippen molar-refractivity contribution in [2.45, 2.75) is 70.3 Å². The van der Waals surface area contributed by atoms with Gasteiger partial charge in [0.15, 0.2) is 0 Å². The number of anilines is 2. The highest BCUT2D eigenvalue weighted by Crippen LogP contribution is 2.31. The molecule has 0 atom stereocenters. The van der Waals surface area contributed by atoms with E-state index in [1.165, 1.54) is 30.2 Å². The van der Waals surface area contributed by atoms with Gasteiger partial charge in [-0.25, -0.2) is 4.98 Å². The molecule has 1 saturated carbocycles. The molecule has 1 heterocycles. The van der Waals surface area contributed by atoms with E-state index in [0.717, 1.165) is 56.8 Å². The largest absolute Gasteiger partial charge is 0.573 e. The first kappa shape index (κ1) is 31.7. The molecule has 0 radical (unpaired) electrons. The SMILES string of the molecule is CN(C)c1nc(N[C@H]2CC[C@@H](CNCc3ccc(Br)cc3OC(F)(F)F)CC2)nc2c1CCCC2.Cl.Cl. The van der Waals surface area contributed by atoms with Crippen molar-refractivity contribution in [2.24, 2.45) is 5.92 Å². The quantitative estimate of drug-likeness (QED) is 0.340. The zero-order valence-electron chi connectivity index (χ0n) is 21.0. The van der Waals surface area contributed by atoms with Gasteiger partial charge in [0.25, 0.3) is 0 Å². The Morgan fingerprint density at radius 3 is 2.43 bits per heavy atom. The van der Waals surface area contributed by atoms with E-state index in [-0.39, 0.29) is 30.6 Å². The molecule has 1 fully saturated rings. The van der Waals surface area contributed by atoms with E-state index in [2.05, 4.69) is 36.2 Å². The van der Waals surface area contributed by atoms with Crippen molar-refractivity contribution in [2.75, 3.05) is 30.9 Å². The van der Waals surface area contributed by atoms with Gasteiger partial charge in [0.1, 0.15) is 11.6 Å². The summed E-state index contributed by atoms with van der Waals surface area (Å²) in [6.07, 6.45) is 3.85. The highest BCUT2D eigenvalue weighted by Gasteiger charge is 2.32. The molecular formula is C25H35BrCl2F3N5O. The second-order valence-electron chi connectivity index (χ2n) is 9.69. The number of ether oxygens (including phenoxy) is 1. The molecule has 208 valence electrons. The summed E-state index contributed by atoms with van der Waals surface area (Å²) < 4.78 is 42.9. The molecule has 1 aromatic heterocycles. The number of aryl methyl sites for hydroxylation is 1. The maximum absolute atomic E-state index is 12.7. The van der Waals surface area contributed by atoms with Crippen LogP contribution in [0.2, 0.25) is 0 Å². The average Bonchev–Trinajstić information content (AvgIpc) is 2.80. The normalized spacial score (nSPS) is 19.2. The van der Waals surface area contributed by atoms with Crippen LogP contribution in [0.1, 0.15) is 55.3 Å². The van der Waals surface area contributed by atoms with Gasteiger partial charge in [-0.1, -0.05) is 22.0 Å². The Morgan fingerprint density at radius 2 is 1.76 bits per heavy atom. The van der Waals surface area contributed by atoms with Crippen LogP contribution < -0.4 is 20.3 Å². The summed E-state index contributed by atoms with van der Waals surface area (Å²) in [5.74, 6) is 2.06. The molecule has 12 heteroatoms. The van der Waals surface area contributed by atoms with Crippen molar-refractivity contribution in [1.82, 2.24) is 15.3 Å². The summed E-state index contributed by atoms with van der Waals surface area (Å²) in [6, 6.07) is 5.06. The van der Waals surface area contributed by atoms with Crippen molar-refractivity contribution in [3.63, 3.8) is 0 Å². The van der Waals surface area contributed by atoms with Gasteiger partial charge < -0.3 is 20.3 Å². The molecular weight excluding hydrogens is 594 g/mol. The second kappa shape index (κ2) is 14.1. The first-order chi connectivity index (χ1) is 16.7. The average molecular weight is 629 g/mol. The number of benzene rings is 1. The van der Waals surface area contributed by atoms with Gasteiger partial charge in [-0.15, -0.1) is 38.0 Å². The monoisotopic (exact) mass is 627 g/mol. The number of halogens is 6. The third-order valence-corrected chi connectivity index (χ3v) is 7.26. The minimum atomic E-state index is -4.71. The third kappa shape index (κ3) is 9.04. The molecule has 37 heavy (non-hydrogen) atoms. The van der Waals surface area contributed by atoms with Gasteiger partial charge in [-0.3, -0.25) is 0 Å². The smallest absolute Gasteiger partial charge is 0.405 e. The topological polar surface area (TPSA) is 62.3 Å².